The van der Waals surface area contributed by atoms with E-state index >= 15 is 0 Å². The van der Waals surface area contributed by atoms with Crippen LogP contribution >= 0.6 is 43.5 Å². The fraction of sp³-hybridized carbons (Fsp3) is 0.200. The summed E-state index contributed by atoms with van der Waals surface area (Å²) in [5.74, 6) is 0.811. The van der Waals surface area contributed by atoms with Crippen molar-refractivity contribution < 1.29 is 4.74 Å². The highest BCUT2D eigenvalue weighted by atomic mass is 79.9. The first-order valence-electron chi connectivity index (χ1n) is 5.76. The zero-order valence-corrected chi connectivity index (χ0v) is 14.5. The summed E-state index contributed by atoms with van der Waals surface area (Å²) in [5.41, 5.74) is 3.22. The summed E-state index contributed by atoms with van der Waals surface area (Å²) in [6.45, 7) is 2.05. The quantitative estimate of drug-likeness (QED) is 0.583. The summed E-state index contributed by atoms with van der Waals surface area (Å²) in [4.78, 5) is 0. The molecule has 2 rings (SSSR count). The van der Waals surface area contributed by atoms with E-state index in [0.717, 1.165) is 25.8 Å². The van der Waals surface area contributed by atoms with Crippen molar-refractivity contribution in [2.75, 3.05) is 7.11 Å². The van der Waals surface area contributed by atoms with Crippen molar-refractivity contribution in [3.63, 3.8) is 0 Å². The number of ether oxygens (including phenoxy) is 1. The van der Waals surface area contributed by atoms with Crippen LogP contribution in [0.15, 0.2) is 45.3 Å². The standard InChI is InChI=1S/C15H13Br2ClO/c1-9-6-14(17)12(8-13(9)16)15(18)10-4-3-5-11(7-10)19-2/h3-8,15H,1-2H3. The highest BCUT2D eigenvalue weighted by molar-refractivity contribution is 9.11. The van der Waals surface area contributed by atoms with Crippen LogP contribution in [0, 0.1) is 6.92 Å². The topological polar surface area (TPSA) is 9.23 Å². The minimum atomic E-state index is -0.221. The van der Waals surface area contributed by atoms with Crippen molar-refractivity contribution in [1.29, 1.82) is 0 Å². The molecule has 0 saturated heterocycles. The number of benzene rings is 2. The summed E-state index contributed by atoms with van der Waals surface area (Å²) < 4.78 is 7.30. The second kappa shape index (κ2) is 6.29. The highest BCUT2D eigenvalue weighted by Gasteiger charge is 2.16. The van der Waals surface area contributed by atoms with E-state index in [1.807, 2.05) is 31.2 Å². The van der Waals surface area contributed by atoms with Gasteiger partial charge in [0.05, 0.1) is 12.5 Å². The van der Waals surface area contributed by atoms with Gasteiger partial charge in [0.2, 0.25) is 0 Å². The molecule has 0 N–H and O–H groups in total. The van der Waals surface area contributed by atoms with E-state index in [1.165, 1.54) is 5.56 Å². The SMILES string of the molecule is COc1cccc(C(Cl)c2cc(Br)c(C)cc2Br)c1. The van der Waals surface area contributed by atoms with Gasteiger partial charge in [0.1, 0.15) is 5.75 Å². The Hall–Kier alpha value is -0.510. The highest BCUT2D eigenvalue weighted by Crippen LogP contribution is 2.37. The average molecular weight is 405 g/mol. The molecular weight excluding hydrogens is 391 g/mol. The molecule has 0 aliphatic rings. The van der Waals surface area contributed by atoms with E-state index in [2.05, 4.69) is 44.0 Å². The molecule has 0 aliphatic carbocycles. The lowest BCUT2D eigenvalue weighted by molar-refractivity contribution is 0.414. The predicted molar refractivity (Wildman–Crippen MR) is 87.3 cm³/mol. The first-order valence-corrected chi connectivity index (χ1v) is 7.78. The molecule has 4 heteroatoms. The van der Waals surface area contributed by atoms with Crippen molar-refractivity contribution >= 4 is 43.5 Å². The summed E-state index contributed by atoms with van der Waals surface area (Å²) in [6.07, 6.45) is 0. The van der Waals surface area contributed by atoms with Crippen LogP contribution in [0.4, 0.5) is 0 Å². The van der Waals surface area contributed by atoms with E-state index < -0.39 is 0 Å². The summed E-state index contributed by atoms with van der Waals surface area (Å²) in [7, 11) is 1.65. The average Bonchev–Trinajstić information content (AvgIpc) is 2.42. The second-order valence-corrected chi connectivity index (χ2v) is 6.41. The minimum Gasteiger partial charge on any atom is -0.497 e. The van der Waals surface area contributed by atoms with E-state index in [9.17, 15) is 0 Å². The third-order valence-corrected chi connectivity index (χ3v) is 4.97. The first kappa shape index (κ1) is 14.9. The molecule has 1 nitrogen and oxygen atoms in total. The van der Waals surface area contributed by atoms with Crippen LogP contribution in [0.5, 0.6) is 5.75 Å². The number of aryl methyl sites for hydroxylation is 1. The van der Waals surface area contributed by atoms with Crippen LogP contribution in [0.3, 0.4) is 0 Å². The normalized spacial score (nSPS) is 12.3. The molecule has 2 aromatic rings. The van der Waals surface area contributed by atoms with E-state index in [4.69, 9.17) is 16.3 Å². The van der Waals surface area contributed by atoms with E-state index in [-0.39, 0.29) is 5.38 Å². The van der Waals surface area contributed by atoms with Gasteiger partial charge in [0.25, 0.3) is 0 Å². The maximum Gasteiger partial charge on any atom is 0.119 e. The zero-order valence-electron chi connectivity index (χ0n) is 10.6. The number of methoxy groups -OCH3 is 1. The molecular formula is C15H13Br2ClO. The van der Waals surface area contributed by atoms with Gasteiger partial charge in [0, 0.05) is 8.95 Å². The zero-order chi connectivity index (χ0) is 14.0. The summed E-state index contributed by atoms with van der Waals surface area (Å²) in [5, 5.41) is -0.221. The van der Waals surface area contributed by atoms with Crippen molar-refractivity contribution in [2.45, 2.75) is 12.3 Å². The first-order chi connectivity index (χ1) is 9.02. The van der Waals surface area contributed by atoms with Crippen LogP contribution < -0.4 is 4.74 Å². The number of alkyl halides is 1. The maximum atomic E-state index is 6.58. The van der Waals surface area contributed by atoms with Gasteiger partial charge in [-0.2, -0.15) is 0 Å². The Balaban J connectivity index is 2.43. The molecule has 0 aliphatic heterocycles. The molecule has 0 heterocycles. The van der Waals surface area contributed by atoms with Gasteiger partial charge in [-0.05, 0) is 47.9 Å². The van der Waals surface area contributed by atoms with Gasteiger partial charge < -0.3 is 4.74 Å². The fourth-order valence-electron chi connectivity index (χ4n) is 1.83. The molecule has 1 atom stereocenters. The molecule has 0 aromatic heterocycles. The number of rotatable bonds is 3. The van der Waals surface area contributed by atoms with Crippen molar-refractivity contribution in [3.05, 3.63) is 62.0 Å². The number of hydrogen-bond acceptors (Lipinski definition) is 1. The Morgan fingerprint density at radius 2 is 1.84 bits per heavy atom. The summed E-state index contributed by atoms with van der Waals surface area (Å²) >= 11 is 13.7. The van der Waals surface area contributed by atoms with Gasteiger partial charge in [-0.3, -0.25) is 0 Å². The van der Waals surface area contributed by atoms with Gasteiger partial charge in [0.15, 0.2) is 0 Å². The molecule has 19 heavy (non-hydrogen) atoms. The smallest absolute Gasteiger partial charge is 0.119 e. The molecule has 0 amide bonds. The number of halogens is 3. The van der Waals surface area contributed by atoms with Crippen LogP contribution in [0.2, 0.25) is 0 Å². The molecule has 0 bridgehead atoms. The Kier molecular flexibility index (Phi) is 4.93. The Labute approximate surface area is 135 Å². The van der Waals surface area contributed by atoms with Crippen LogP contribution in [0.1, 0.15) is 22.1 Å². The molecule has 0 fully saturated rings. The third-order valence-electron chi connectivity index (χ3n) is 2.94. The monoisotopic (exact) mass is 402 g/mol. The van der Waals surface area contributed by atoms with Crippen LogP contribution in [-0.4, -0.2) is 7.11 Å². The summed E-state index contributed by atoms with van der Waals surface area (Å²) in [6, 6.07) is 11.9. The van der Waals surface area contributed by atoms with E-state index in [1.54, 1.807) is 7.11 Å². The second-order valence-electron chi connectivity index (χ2n) is 4.26. The molecule has 0 spiro atoms. The van der Waals surface area contributed by atoms with Crippen molar-refractivity contribution in [1.82, 2.24) is 0 Å². The lowest BCUT2D eigenvalue weighted by Crippen LogP contribution is -1.96. The number of hydrogen-bond donors (Lipinski definition) is 0. The molecule has 100 valence electrons. The van der Waals surface area contributed by atoms with Crippen LogP contribution in [-0.2, 0) is 0 Å². The lowest BCUT2D eigenvalue weighted by Gasteiger charge is -2.15. The maximum absolute atomic E-state index is 6.58. The predicted octanol–water partition coefficient (Wildman–Crippen LogP) is 5.86. The van der Waals surface area contributed by atoms with E-state index in [0.29, 0.717) is 0 Å². The Bertz CT molecular complexity index is 599. The Morgan fingerprint density at radius 3 is 2.53 bits per heavy atom. The fourth-order valence-corrected chi connectivity index (χ4v) is 3.33. The molecule has 0 saturated carbocycles. The molecule has 1 unspecified atom stereocenters. The van der Waals surface area contributed by atoms with Crippen molar-refractivity contribution in [3.8, 4) is 5.75 Å². The lowest BCUT2D eigenvalue weighted by atomic mass is 10.0. The molecule has 2 aromatic carbocycles. The van der Waals surface area contributed by atoms with Gasteiger partial charge in [-0.15, -0.1) is 11.6 Å². The largest absolute Gasteiger partial charge is 0.497 e. The van der Waals surface area contributed by atoms with Crippen molar-refractivity contribution in [2.24, 2.45) is 0 Å². The van der Waals surface area contributed by atoms with Gasteiger partial charge >= 0.3 is 0 Å². The van der Waals surface area contributed by atoms with Gasteiger partial charge in [-0.25, -0.2) is 0 Å². The molecule has 0 radical (unpaired) electrons. The Morgan fingerprint density at radius 1 is 1.11 bits per heavy atom. The third kappa shape index (κ3) is 3.33. The van der Waals surface area contributed by atoms with Crippen LogP contribution in [0.25, 0.3) is 0 Å². The van der Waals surface area contributed by atoms with Gasteiger partial charge in [-0.1, -0.05) is 44.0 Å². The minimum absolute atomic E-state index is 0.221.